The van der Waals surface area contributed by atoms with E-state index in [2.05, 4.69) is 31.3 Å². The number of ether oxygens (including phenoxy) is 13. The van der Waals surface area contributed by atoms with Crippen molar-refractivity contribution in [3.63, 3.8) is 0 Å². The molecule has 4 rings (SSSR count). The van der Waals surface area contributed by atoms with E-state index in [4.69, 9.17) is 56.8 Å². The van der Waals surface area contributed by atoms with Crippen LogP contribution in [0.2, 0.25) is 0 Å². The van der Waals surface area contributed by atoms with E-state index in [1.807, 2.05) is 41.5 Å². The Hall–Kier alpha value is -6.92. The summed E-state index contributed by atoms with van der Waals surface area (Å²) >= 11 is 0. The Morgan fingerprint density at radius 3 is 0.909 bits per heavy atom. The summed E-state index contributed by atoms with van der Waals surface area (Å²) in [6.45, 7) is 21.7. The van der Waals surface area contributed by atoms with E-state index >= 15 is 0 Å². The van der Waals surface area contributed by atoms with Gasteiger partial charge in [-0.15, -0.1) is 0 Å². The number of hydrogen-bond donors (Lipinski definition) is 5. The predicted octanol–water partition coefficient (Wildman–Crippen LogP) is 16.3. The molecule has 3 heterocycles. The van der Waals surface area contributed by atoms with Crippen molar-refractivity contribution < 1.29 is 136 Å². The first-order chi connectivity index (χ1) is 63.1. The highest BCUT2D eigenvalue weighted by atomic mass is 19.2. The summed E-state index contributed by atoms with van der Waals surface area (Å²) in [6.07, 6.45) is 27.6. The molecule has 1 aromatic carbocycles. The maximum absolute atomic E-state index is 14.5. The first kappa shape index (κ1) is 117. The zero-order chi connectivity index (χ0) is 97.2. The molecule has 5 amide bonds. The molecular weight excluding hydrogens is 1730 g/mol. The Labute approximate surface area is 781 Å². The molecule has 0 radical (unpaired) electrons. The molecule has 758 valence electrons. The fraction of sp³-hybridized carbons (Fsp3) is 0.827. The van der Waals surface area contributed by atoms with Crippen LogP contribution in [0.4, 0.5) is 22.0 Å². The molecule has 0 bridgehead atoms. The number of esters is 4. The molecule has 3 saturated heterocycles. The van der Waals surface area contributed by atoms with E-state index < -0.39 is 84.0 Å². The van der Waals surface area contributed by atoms with Crippen LogP contribution < -0.4 is 31.3 Å². The van der Waals surface area contributed by atoms with Crippen molar-refractivity contribution in [3.05, 3.63) is 29.1 Å². The predicted molar refractivity (Wildman–Crippen MR) is 484 cm³/mol. The second kappa shape index (κ2) is 68.1. The molecule has 15 unspecified atom stereocenters. The number of Topliss-reactive ketones (excluding diaryl/α,β-unsaturated/α-hetero) is 2. The van der Waals surface area contributed by atoms with Crippen LogP contribution in [-0.4, -0.2) is 212 Å². The first-order valence-corrected chi connectivity index (χ1v) is 49.2. The van der Waals surface area contributed by atoms with Crippen molar-refractivity contribution in [1.82, 2.24) is 26.6 Å². The molecule has 3 aliphatic heterocycles. The van der Waals surface area contributed by atoms with Crippen LogP contribution >= 0.6 is 0 Å². The maximum atomic E-state index is 14.5. The second-order valence-corrected chi connectivity index (χ2v) is 36.7. The smallest absolute Gasteiger partial charge is 0.311 e. The summed E-state index contributed by atoms with van der Waals surface area (Å²) in [5, 5.41) is 14.8. The van der Waals surface area contributed by atoms with Crippen molar-refractivity contribution in [2.45, 2.75) is 401 Å². The molecule has 1 aromatic rings. The van der Waals surface area contributed by atoms with Crippen LogP contribution in [0, 0.1) is 64.6 Å². The van der Waals surface area contributed by atoms with Crippen molar-refractivity contribution in [1.29, 1.82) is 0 Å². The van der Waals surface area contributed by atoms with Gasteiger partial charge in [0.25, 0.3) is 0 Å². The third-order valence-electron chi connectivity index (χ3n) is 25.4. The zero-order valence-electron chi connectivity index (χ0n) is 81.3. The van der Waals surface area contributed by atoms with Crippen LogP contribution in [0.1, 0.15) is 340 Å². The summed E-state index contributed by atoms with van der Waals surface area (Å²) in [6, 6.07) is -0.994. The number of hydrogen-bond acceptors (Lipinski definition) is 24. The summed E-state index contributed by atoms with van der Waals surface area (Å²) in [5.74, 6) is -17.5. The molecule has 3 fully saturated rings. The molecular formula is C98H162F5N5O24. The fourth-order valence-electron chi connectivity index (χ4n) is 16.8. The van der Waals surface area contributed by atoms with E-state index in [-0.39, 0.29) is 210 Å². The van der Waals surface area contributed by atoms with Gasteiger partial charge in [-0.1, -0.05) is 208 Å². The van der Waals surface area contributed by atoms with Gasteiger partial charge in [0.2, 0.25) is 64.4 Å². The average Bonchev–Trinajstić information content (AvgIpc) is 0.800. The van der Waals surface area contributed by atoms with Gasteiger partial charge < -0.3 is 88.2 Å². The number of nitrogens with one attached hydrogen (secondary N) is 5. The van der Waals surface area contributed by atoms with Gasteiger partial charge in [-0.2, -0.15) is 8.78 Å². The number of unbranched alkanes of at least 4 members (excludes halogenated alkanes) is 29. The van der Waals surface area contributed by atoms with Gasteiger partial charge in [-0.3, -0.25) is 52.7 Å². The van der Waals surface area contributed by atoms with Gasteiger partial charge in [0.15, 0.2) is 18.9 Å². The quantitative estimate of drug-likeness (QED) is 0.00769. The summed E-state index contributed by atoms with van der Waals surface area (Å²) in [7, 11) is 0. The van der Waals surface area contributed by atoms with E-state index in [1.54, 1.807) is 0 Å². The Morgan fingerprint density at radius 2 is 0.598 bits per heavy atom. The lowest BCUT2D eigenvalue weighted by atomic mass is 9.82. The standard InChI is InChI=1S/C98H162F5N5O24/c1-66-69(4)91(105-72(7)109)95(129-80(66)60-126-75(10)112)123-54-42-36-30-24-18-13-15-21-27-33-39-46-78(115)50-57-120-63-98(108-84(118)48-45-49-85(119)132-94-89(102)87(100)86(99)88(101)90(94)103,64-121-58-51-79(116)47-40-34-28-22-16-14-19-25-31-37-43-55-124-96-92(106-73(8)110)70(5)67(2)81(130-96)61-127-76(11)113)65-122-59-52-83(117)104-53-41-35-29-23-17-20-26-32-38-44-56-125-97-93(107-74(9)111)71(6)68(3)82(131-97)62-128-77(12)114/h66-71,80-82,91-93,95-97H,13-65H2,1-12H3,(H,104,117)(H,105,109)(H,106,110)(H,107,111)(H,108,118). The maximum Gasteiger partial charge on any atom is 0.311 e. The van der Waals surface area contributed by atoms with Crippen LogP contribution in [0.25, 0.3) is 0 Å². The molecule has 15 atom stereocenters. The van der Waals surface area contributed by atoms with Crippen molar-refractivity contribution in [3.8, 4) is 5.75 Å². The topological polar surface area (TPSA) is 368 Å². The van der Waals surface area contributed by atoms with Gasteiger partial charge in [-0.05, 0) is 80.5 Å². The molecule has 0 saturated carbocycles. The van der Waals surface area contributed by atoms with E-state index in [1.165, 1.54) is 41.5 Å². The Morgan fingerprint density at radius 1 is 0.311 bits per heavy atom. The second-order valence-electron chi connectivity index (χ2n) is 36.7. The van der Waals surface area contributed by atoms with Crippen molar-refractivity contribution in [2.75, 3.05) is 85.8 Å². The summed E-state index contributed by atoms with van der Waals surface area (Å²) in [5.41, 5.74) is -1.52. The molecule has 0 aliphatic carbocycles. The number of carbonyl (C=O) groups excluding carboxylic acids is 11. The van der Waals surface area contributed by atoms with Gasteiger partial charge in [0, 0.05) is 113 Å². The minimum atomic E-state index is -2.44. The van der Waals surface area contributed by atoms with Gasteiger partial charge in [-0.25, -0.2) is 13.2 Å². The van der Waals surface area contributed by atoms with Crippen LogP contribution in [0.3, 0.4) is 0 Å². The van der Waals surface area contributed by atoms with Gasteiger partial charge in [0.1, 0.15) is 36.9 Å². The van der Waals surface area contributed by atoms with Crippen LogP contribution in [0.15, 0.2) is 0 Å². The minimum absolute atomic E-state index is 0.0217. The first-order valence-electron chi connectivity index (χ1n) is 49.2. The lowest BCUT2D eigenvalue weighted by Gasteiger charge is -2.44. The molecule has 132 heavy (non-hydrogen) atoms. The lowest BCUT2D eigenvalue weighted by Crippen LogP contribution is -2.58. The number of ketones is 2. The van der Waals surface area contributed by atoms with Crippen molar-refractivity contribution in [2.24, 2.45) is 35.5 Å². The minimum Gasteiger partial charge on any atom is -0.463 e. The monoisotopic (exact) mass is 1890 g/mol. The number of benzene rings is 1. The highest BCUT2D eigenvalue weighted by molar-refractivity contribution is 5.80. The summed E-state index contributed by atoms with van der Waals surface area (Å²) < 4.78 is 147. The number of carbonyl (C=O) groups is 11. The molecule has 5 N–H and O–H groups in total. The van der Waals surface area contributed by atoms with Gasteiger partial charge >= 0.3 is 23.9 Å². The highest BCUT2D eigenvalue weighted by Crippen LogP contribution is 2.37. The summed E-state index contributed by atoms with van der Waals surface area (Å²) in [4.78, 5) is 137. The molecule has 0 spiro atoms. The molecule has 29 nitrogen and oxygen atoms in total. The fourth-order valence-corrected chi connectivity index (χ4v) is 16.8. The Bertz CT molecular complexity index is 3230. The third-order valence-corrected chi connectivity index (χ3v) is 25.4. The van der Waals surface area contributed by atoms with Crippen LogP contribution in [-0.2, 0) is 110 Å². The normalized spacial score (nSPS) is 22.3. The molecule has 3 aliphatic rings. The van der Waals surface area contributed by atoms with E-state index in [0.29, 0.717) is 52.0 Å². The third kappa shape index (κ3) is 48.7. The Kier molecular flexibility index (Phi) is 60.6. The molecule has 34 heteroatoms. The number of halogens is 5. The van der Waals surface area contributed by atoms with Gasteiger partial charge in [0.05, 0.1) is 76.1 Å². The van der Waals surface area contributed by atoms with E-state index in [9.17, 15) is 74.7 Å². The highest BCUT2D eigenvalue weighted by Gasteiger charge is 2.46. The van der Waals surface area contributed by atoms with Crippen LogP contribution in [0.5, 0.6) is 5.75 Å². The van der Waals surface area contributed by atoms with Crippen molar-refractivity contribution >= 4 is 65.0 Å². The largest absolute Gasteiger partial charge is 0.463 e. The lowest BCUT2D eigenvalue weighted by molar-refractivity contribution is -0.244. The zero-order valence-corrected chi connectivity index (χ0v) is 81.3. The SMILES string of the molecule is CC(=O)NC1C(OCCCCCCCCCCCCCC(=O)CCOCC(COCCC(=O)CCCCCCCCCCCCCOC2OC(COC(C)=O)C(C)C(C)C2NC(C)=O)(COCCC(=O)NCCCCCCCCCCCCOC2OC(COC(C)=O)C(C)C(C)C2NC(C)=O)NC(=O)CCCC(=O)Oc2c(F)c(F)c(F)c(F)c2F)OC(COC(C)=O)C(C)C1C. The number of amides is 5. The average molecular weight is 1890 g/mol. The molecule has 0 aromatic heterocycles. The number of rotatable bonds is 74. The Balaban J connectivity index is 1.26. The van der Waals surface area contributed by atoms with E-state index in [0.717, 1.165) is 193 Å².